The van der Waals surface area contributed by atoms with Gasteiger partial charge in [-0.25, -0.2) is 5.43 Å². The smallest absolute Gasteiger partial charge is 0.329 e. The van der Waals surface area contributed by atoms with Crippen LogP contribution in [0.2, 0.25) is 5.02 Å². The molecule has 0 aliphatic carbocycles. The molecule has 1 rings (SSSR count). The van der Waals surface area contributed by atoms with Crippen molar-refractivity contribution in [3.05, 3.63) is 29.3 Å². The molecular formula is C14H17ClN4O4. The molecule has 0 unspecified atom stereocenters. The van der Waals surface area contributed by atoms with E-state index in [1.165, 1.54) is 6.92 Å². The molecular weight excluding hydrogens is 324 g/mol. The first-order chi connectivity index (χ1) is 10.9. The molecule has 8 nitrogen and oxygen atoms in total. The number of benzene rings is 1. The van der Waals surface area contributed by atoms with Crippen LogP contribution in [0.4, 0.5) is 5.69 Å². The fourth-order valence-electron chi connectivity index (χ4n) is 1.49. The highest BCUT2D eigenvalue weighted by Gasteiger charge is 2.12. The number of halogens is 1. The van der Waals surface area contributed by atoms with E-state index in [9.17, 15) is 14.4 Å². The van der Waals surface area contributed by atoms with Crippen LogP contribution in [0.15, 0.2) is 29.4 Å². The Bertz CT molecular complexity index is 619. The van der Waals surface area contributed by atoms with Gasteiger partial charge in [0.1, 0.15) is 0 Å². The summed E-state index contributed by atoms with van der Waals surface area (Å²) in [5, 5.41) is 17.5. The van der Waals surface area contributed by atoms with E-state index in [-0.39, 0.29) is 25.5 Å². The fourth-order valence-corrected chi connectivity index (χ4v) is 1.68. The SMILES string of the molecule is C/C(CC(=O)Nc1cccc(Cl)c1)=N/NC(=O)C(=O)NCCO. The molecule has 0 aliphatic heterocycles. The third-order valence-electron chi connectivity index (χ3n) is 2.48. The van der Waals surface area contributed by atoms with E-state index in [1.54, 1.807) is 24.3 Å². The number of aliphatic hydroxyl groups is 1. The van der Waals surface area contributed by atoms with Crippen molar-refractivity contribution in [2.75, 3.05) is 18.5 Å². The first-order valence-corrected chi connectivity index (χ1v) is 7.07. The quantitative estimate of drug-likeness (QED) is 0.337. The van der Waals surface area contributed by atoms with E-state index >= 15 is 0 Å². The average Bonchev–Trinajstić information content (AvgIpc) is 2.50. The minimum absolute atomic E-state index is 0.0308. The first kappa shape index (κ1) is 18.6. The van der Waals surface area contributed by atoms with Crippen LogP contribution in [0.25, 0.3) is 0 Å². The summed E-state index contributed by atoms with van der Waals surface area (Å²) >= 11 is 5.81. The van der Waals surface area contributed by atoms with Gasteiger partial charge in [-0.05, 0) is 25.1 Å². The summed E-state index contributed by atoms with van der Waals surface area (Å²) in [6.45, 7) is 1.23. The van der Waals surface area contributed by atoms with Crippen LogP contribution in [-0.2, 0) is 14.4 Å². The zero-order valence-electron chi connectivity index (χ0n) is 12.4. The summed E-state index contributed by atoms with van der Waals surface area (Å²) in [6.07, 6.45) is -0.0644. The number of amides is 3. The van der Waals surface area contributed by atoms with Crippen molar-refractivity contribution in [2.24, 2.45) is 5.10 Å². The topological polar surface area (TPSA) is 120 Å². The predicted molar refractivity (Wildman–Crippen MR) is 86.0 cm³/mol. The summed E-state index contributed by atoms with van der Waals surface area (Å²) in [5.74, 6) is -2.24. The first-order valence-electron chi connectivity index (χ1n) is 6.70. The van der Waals surface area contributed by atoms with Crippen molar-refractivity contribution in [3.8, 4) is 0 Å². The molecule has 0 bridgehead atoms. The van der Waals surface area contributed by atoms with Gasteiger partial charge in [0.15, 0.2) is 0 Å². The second kappa shape index (κ2) is 9.54. The van der Waals surface area contributed by atoms with Gasteiger partial charge in [-0.2, -0.15) is 5.10 Å². The minimum Gasteiger partial charge on any atom is -0.395 e. The highest BCUT2D eigenvalue weighted by molar-refractivity contribution is 6.35. The standard InChI is InChI=1S/C14H17ClN4O4/c1-9(18-19-14(23)13(22)16-5-6-20)7-12(21)17-11-4-2-3-10(15)8-11/h2-4,8,20H,5-7H2,1H3,(H,16,22)(H,17,21)(H,19,23)/b18-9-. The zero-order chi connectivity index (χ0) is 17.2. The Morgan fingerprint density at radius 2 is 2.00 bits per heavy atom. The molecule has 0 aromatic heterocycles. The molecule has 0 spiro atoms. The Hall–Kier alpha value is -2.45. The molecule has 4 N–H and O–H groups in total. The van der Waals surface area contributed by atoms with Gasteiger partial charge in [-0.3, -0.25) is 14.4 Å². The number of hydrazone groups is 1. The van der Waals surface area contributed by atoms with E-state index in [2.05, 4.69) is 15.7 Å². The van der Waals surface area contributed by atoms with Crippen molar-refractivity contribution in [1.29, 1.82) is 0 Å². The molecule has 23 heavy (non-hydrogen) atoms. The highest BCUT2D eigenvalue weighted by atomic mass is 35.5. The van der Waals surface area contributed by atoms with Gasteiger partial charge < -0.3 is 15.7 Å². The fraction of sp³-hybridized carbons (Fsp3) is 0.286. The van der Waals surface area contributed by atoms with E-state index in [1.807, 2.05) is 5.43 Å². The number of hydrogen-bond acceptors (Lipinski definition) is 5. The van der Waals surface area contributed by atoms with Crippen molar-refractivity contribution >= 4 is 40.7 Å². The molecule has 0 atom stereocenters. The van der Waals surface area contributed by atoms with Crippen molar-refractivity contribution in [2.45, 2.75) is 13.3 Å². The van der Waals surface area contributed by atoms with Gasteiger partial charge in [-0.15, -0.1) is 0 Å². The summed E-state index contributed by atoms with van der Waals surface area (Å²) in [5.41, 5.74) is 2.88. The van der Waals surface area contributed by atoms with Gasteiger partial charge in [-0.1, -0.05) is 17.7 Å². The molecule has 0 saturated carbocycles. The number of rotatable bonds is 6. The number of anilines is 1. The molecule has 9 heteroatoms. The van der Waals surface area contributed by atoms with E-state index < -0.39 is 11.8 Å². The van der Waals surface area contributed by atoms with Crippen molar-refractivity contribution in [1.82, 2.24) is 10.7 Å². The number of nitrogens with one attached hydrogen (secondary N) is 3. The molecule has 124 valence electrons. The molecule has 0 radical (unpaired) electrons. The molecule has 1 aromatic carbocycles. The maximum absolute atomic E-state index is 11.8. The lowest BCUT2D eigenvalue weighted by Gasteiger charge is -2.06. The lowest BCUT2D eigenvalue weighted by molar-refractivity contribution is -0.139. The monoisotopic (exact) mass is 340 g/mol. The summed E-state index contributed by atoms with van der Waals surface area (Å²) in [4.78, 5) is 34.4. The lowest BCUT2D eigenvalue weighted by atomic mass is 10.2. The molecule has 0 fully saturated rings. The molecule has 0 heterocycles. The van der Waals surface area contributed by atoms with E-state index in [0.29, 0.717) is 16.4 Å². The molecule has 1 aromatic rings. The zero-order valence-corrected chi connectivity index (χ0v) is 13.2. The van der Waals surface area contributed by atoms with Gasteiger partial charge >= 0.3 is 11.8 Å². The van der Waals surface area contributed by atoms with Gasteiger partial charge in [0, 0.05) is 23.0 Å². The average molecular weight is 341 g/mol. The number of nitrogens with zero attached hydrogens (tertiary/aromatic N) is 1. The Morgan fingerprint density at radius 1 is 1.26 bits per heavy atom. The summed E-state index contributed by atoms with van der Waals surface area (Å²) in [7, 11) is 0. The Morgan fingerprint density at radius 3 is 2.65 bits per heavy atom. The number of aliphatic hydroxyl groups excluding tert-OH is 1. The van der Waals surface area contributed by atoms with Gasteiger partial charge in [0.25, 0.3) is 0 Å². The van der Waals surface area contributed by atoms with Crippen LogP contribution < -0.4 is 16.1 Å². The Kier molecular flexibility index (Phi) is 7.72. The van der Waals surface area contributed by atoms with Crippen molar-refractivity contribution in [3.63, 3.8) is 0 Å². The summed E-state index contributed by atoms with van der Waals surface area (Å²) < 4.78 is 0. The molecule has 3 amide bonds. The van der Waals surface area contributed by atoms with Crippen LogP contribution in [0.5, 0.6) is 0 Å². The molecule has 0 aliphatic rings. The van der Waals surface area contributed by atoms with Crippen LogP contribution in [0.1, 0.15) is 13.3 Å². The number of carbonyl (C=O) groups is 3. The van der Waals surface area contributed by atoms with Gasteiger partial charge in [0.2, 0.25) is 5.91 Å². The maximum atomic E-state index is 11.8. The van der Waals surface area contributed by atoms with Crippen molar-refractivity contribution < 1.29 is 19.5 Å². The van der Waals surface area contributed by atoms with Crippen LogP contribution in [-0.4, -0.2) is 41.7 Å². The predicted octanol–water partition coefficient (Wildman–Crippen LogP) is 0.269. The van der Waals surface area contributed by atoms with Crippen LogP contribution >= 0.6 is 11.6 Å². The normalized spacial score (nSPS) is 10.8. The summed E-state index contributed by atoms with van der Waals surface area (Å²) in [6, 6.07) is 6.66. The van der Waals surface area contributed by atoms with Gasteiger partial charge in [0.05, 0.1) is 13.0 Å². The second-order valence-electron chi connectivity index (χ2n) is 4.50. The van der Waals surface area contributed by atoms with Crippen LogP contribution in [0.3, 0.4) is 0 Å². The van der Waals surface area contributed by atoms with E-state index in [4.69, 9.17) is 16.7 Å². The third-order valence-corrected chi connectivity index (χ3v) is 2.71. The largest absolute Gasteiger partial charge is 0.395 e. The minimum atomic E-state index is -0.979. The molecule has 0 saturated heterocycles. The highest BCUT2D eigenvalue weighted by Crippen LogP contribution is 2.14. The van der Waals surface area contributed by atoms with Crippen LogP contribution in [0, 0.1) is 0 Å². The lowest BCUT2D eigenvalue weighted by Crippen LogP contribution is -2.39. The third kappa shape index (κ3) is 7.39. The maximum Gasteiger partial charge on any atom is 0.329 e. The Balaban J connectivity index is 2.45. The van der Waals surface area contributed by atoms with E-state index in [0.717, 1.165) is 0 Å². The second-order valence-corrected chi connectivity index (χ2v) is 4.94. The number of carbonyl (C=O) groups excluding carboxylic acids is 3. The Labute approximate surface area is 137 Å². The number of hydrogen-bond donors (Lipinski definition) is 4.